The number of hydrogen-bond donors (Lipinski definition) is 1. The van der Waals surface area contributed by atoms with Gasteiger partial charge in [0.05, 0.1) is 17.0 Å². The molecule has 0 aliphatic carbocycles. The normalized spacial score (nSPS) is 10.7. The second-order valence-electron chi connectivity index (χ2n) is 6.55. The first-order valence-electron chi connectivity index (χ1n) is 8.65. The lowest BCUT2D eigenvalue weighted by Crippen LogP contribution is -1.96. The molecule has 2 aromatic carbocycles. The van der Waals surface area contributed by atoms with Gasteiger partial charge in [-0.05, 0) is 55.7 Å². The van der Waals surface area contributed by atoms with E-state index in [4.69, 9.17) is 5.26 Å². The number of aryl methyl sites for hydroxylation is 3. The third-order valence-electron chi connectivity index (χ3n) is 4.71. The third-order valence-corrected chi connectivity index (χ3v) is 5.73. The maximum atomic E-state index is 9.14. The van der Waals surface area contributed by atoms with Crippen LogP contribution in [0.3, 0.4) is 0 Å². The van der Waals surface area contributed by atoms with Gasteiger partial charge in [0.25, 0.3) is 0 Å². The lowest BCUT2D eigenvalue weighted by Gasteiger charge is -2.10. The molecule has 0 unspecified atom stereocenters. The Balaban J connectivity index is 1.89. The zero-order chi connectivity index (χ0) is 19.0. The number of anilines is 2. The molecular formula is C22H18N4S. The molecule has 2 heterocycles. The number of nitriles is 1. The van der Waals surface area contributed by atoms with Crippen molar-refractivity contribution >= 4 is 33.1 Å². The van der Waals surface area contributed by atoms with Gasteiger partial charge >= 0.3 is 0 Å². The van der Waals surface area contributed by atoms with E-state index >= 15 is 0 Å². The summed E-state index contributed by atoms with van der Waals surface area (Å²) in [5.41, 5.74) is 6.33. The summed E-state index contributed by atoms with van der Waals surface area (Å²) in [6, 6.07) is 16.1. The average Bonchev–Trinajstić information content (AvgIpc) is 3.01. The maximum absolute atomic E-state index is 9.14. The largest absolute Gasteiger partial charge is 0.340 e. The molecule has 0 atom stereocenters. The molecule has 132 valence electrons. The van der Waals surface area contributed by atoms with Crippen LogP contribution < -0.4 is 5.32 Å². The van der Waals surface area contributed by atoms with E-state index in [0.29, 0.717) is 5.56 Å². The van der Waals surface area contributed by atoms with Crippen LogP contribution in [-0.2, 0) is 0 Å². The fourth-order valence-corrected chi connectivity index (χ4v) is 4.20. The molecule has 4 aromatic rings. The van der Waals surface area contributed by atoms with Gasteiger partial charge in [0, 0.05) is 16.1 Å². The molecule has 0 aliphatic rings. The Morgan fingerprint density at radius 1 is 1.00 bits per heavy atom. The van der Waals surface area contributed by atoms with E-state index in [1.54, 1.807) is 23.7 Å². The minimum atomic E-state index is 0.612. The van der Waals surface area contributed by atoms with Gasteiger partial charge in [-0.3, -0.25) is 0 Å². The van der Waals surface area contributed by atoms with Crippen molar-refractivity contribution < 1.29 is 0 Å². The van der Waals surface area contributed by atoms with Gasteiger partial charge in [-0.25, -0.2) is 9.97 Å². The number of nitrogens with zero attached hydrogens (tertiary/aromatic N) is 3. The second-order valence-corrected chi connectivity index (χ2v) is 7.76. The number of aromatic nitrogens is 2. The van der Waals surface area contributed by atoms with Crippen molar-refractivity contribution in [2.45, 2.75) is 20.8 Å². The molecule has 1 N–H and O–H groups in total. The van der Waals surface area contributed by atoms with Crippen molar-refractivity contribution in [3.8, 4) is 17.2 Å². The molecule has 0 bridgehead atoms. The quantitative estimate of drug-likeness (QED) is 0.488. The maximum Gasteiger partial charge on any atom is 0.143 e. The van der Waals surface area contributed by atoms with Crippen molar-refractivity contribution in [1.29, 1.82) is 5.26 Å². The lowest BCUT2D eigenvalue weighted by molar-refractivity contribution is 1.23. The number of rotatable bonds is 3. The van der Waals surface area contributed by atoms with E-state index < -0.39 is 0 Å². The SMILES string of the molecule is Cc1ccc(-c2c(C)sc3ncnc(Nc4cccc(C#N)c4)c23)cc1C. The predicted octanol–water partition coefficient (Wildman–Crippen LogP) is 5.90. The predicted molar refractivity (Wildman–Crippen MR) is 112 cm³/mol. The van der Waals surface area contributed by atoms with Crippen LogP contribution in [0.5, 0.6) is 0 Å². The zero-order valence-electron chi connectivity index (χ0n) is 15.4. The molecule has 2 aromatic heterocycles. The van der Waals surface area contributed by atoms with Crippen molar-refractivity contribution in [2.24, 2.45) is 0 Å². The fourth-order valence-electron chi connectivity index (χ4n) is 3.19. The van der Waals surface area contributed by atoms with E-state index in [1.807, 2.05) is 18.2 Å². The Labute approximate surface area is 162 Å². The number of benzene rings is 2. The molecule has 4 rings (SSSR count). The lowest BCUT2D eigenvalue weighted by atomic mass is 9.99. The molecule has 0 saturated carbocycles. The summed E-state index contributed by atoms with van der Waals surface area (Å²) in [6.45, 7) is 6.37. The molecule has 27 heavy (non-hydrogen) atoms. The van der Waals surface area contributed by atoms with Crippen molar-refractivity contribution in [1.82, 2.24) is 9.97 Å². The highest BCUT2D eigenvalue weighted by molar-refractivity contribution is 7.19. The van der Waals surface area contributed by atoms with Gasteiger partial charge in [-0.15, -0.1) is 11.3 Å². The topological polar surface area (TPSA) is 61.6 Å². The molecule has 0 fully saturated rings. The van der Waals surface area contributed by atoms with Crippen LogP contribution in [0, 0.1) is 32.1 Å². The number of thiophene rings is 1. The second kappa shape index (κ2) is 6.82. The molecule has 4 nitrogen and oxygen atoms in total. The van der Waals surface area contributed by atoms with Crippen LogP contribution >= 0.6 is 11.3 Å². The Kier molecular flexibility index (Phi) is 4.35. The molecule has 5 heteroatoms. The van der Waals surface area contributed by atoms with Crippen molar-refractivity contribution in [3.63, 3.8) is 0 Å². The van der Waals surface area contributed by atoms with E-state index in [9.17, 15) is 0 Å². The minimum absolute atomic E-state index is 0.612. The van der Waals surface area contributed by atoms with E-state index in [0.717, 1.165) is 27.3 Å². The van der Waals surface area contributed by atoms with E-state index in [1.165, 1.54) is 21.6 Å². The highest BCUT2D eigenvalue weighted by atomic mass is 32.1. The fraction of sp³-hybridized carbons (Fsp3) is 0.136. The van der Waals surface area contributed by atoms with E-state index in [-0.39, 0.29) is 0 Å². The highest BCUT2D eigenvalue weighted by Gasteiger charge is 2.17. The van der Waals surface area contributed by atoms with Crippen molar-refractivity contribution in [2.75, 3.05) is 5.32 Å². The van der Waals surface area contributed by atoms with Gasteiger partial charge in [-0.1, -0.05) is 24.3 Å². The summed E-state index contributed by atoms with van der Waals surface area (Å²) in [6.07, 6.45) is 1.58. The van der Waals surface area contributed by atoms with Crippen molar-refractivity contribution in [3.05, 3.63) is 70.4 Å². The van der Waals surface area contributed by atoms with Gasteiger partial charge in [-0.2, -0.15) is 5.26 Å². The number of fused-ring (bicyclic) bond motifs is 1. The first-order valence-corrected chi connectivity index (χ1v) is 9.47. The summed E-state index contributed by atoms with van der Waals surface area (Å²) < 4.78 is 0. The van der Waals surface area contributed by atoms with E-state index in [2.05, 4.69) is 60.3 Å². The monoisotopic (exact) mass is 370 g/mol. The van der Waals surface area contributed by atoms with Crippen LogP contribution in [0.15, 0.2) is 48.8 Å². The highest BCUT2D eigenvalue weighted by Crippen LogP contribution is 2.41. The number of hydrogen-bond acceptors (Lipinski definition) is 5. The number of nitrogens with one attached hydrogen (secondary N) is 1. The Bertz CT molecular complexity index is 1200. The molecule has 0 radical (unpaired) electrons. The molecule has 0 spiro atoms. The molecule has 0 amide bonds. The Morgan fingerprint density at radius 2 is 1.85 bits per heavy atom. The summed E-state index contributed by atoms with van der Waals surface area (Å²) in [5, 5.41) is 13.5. The van der Waals surface area contributed by atoms with Crippen LogP contribution in [-0.4, -0.2) is 9.97 Å². The first-order chi connectivity index (χ1) is 13.1. The Hall–Kier alpha value is -3.23. The summed E-state index contributed by atoms with van der Waals surface area (Å²) in [4.78, 5) is 11.1. The van der Waals surface area contributed by atoms with Gasteiger partial charge < -0.3 is 5.32 Å². The third kappa shape index (κ3) is 3.16. The van der Waals surface area contributed by atoms with Gasteiger partial charge in [0.15, 0.2) is 0 Å². The average molecular weight is 370 g/mol. The van der Waals surface area contributed by atoms with Crippen LogP contribution in [0.1, 0.15) is 21.6 Å². The van der Waals surface area contributed by atoms with Crippen LogP contribution in [0.4, 0.5) is 11.5 Å². The summed E-state index contributed by atoms with van der Waals surface area (Å²) in [5.74, 6) is 0.757. The van der Waals surface area contributed by atoms with Crippen LogP contribution in [0.25, 0.3) is 21.3 Å². The standard InChI is InChI=1S/C22H18N4S/c1-13-7-8-17(9-14(13)2)19-15(3)27-22-20(19)21(24-12-25-22)26-18-6-4-5-16(10-18)11-23/h4-10,12H,1-3H3,(H,24,25,26). The summed E-state index contributed by atoms with van der Waals surface area (Å²) >= 11 is 1.67. The van der Waals surface area contributed by atoms with Gasteiger partial charge in [0.1, 0.15) is 17.0 Å². The molecule has 0 aliphatic heterocycles. The molecular weight excluding hydrogens is 352 g/mol. The minimum Gasteiger partial charge on any atom is -0.340 e. The van der Waals surface area contributed by atoms with Gasteiger partial charge in [0.2, 0.25) is 0 Å². The summed E-state index contributed by atoms with van der Waals surface area (Å²) in [7, 11) is 0. The smallest absolute Gasteiger partial charge is 0.143 e. The Morgan fingerprint density at radius 3 is 2.63 bits per heavy atom. The first kappa shape index (κ1) is 17.2. The molecule has 0 saturated heterocycles. The van der Waals surface area contributed by atoms with Crippen LogP contribution in [0.2, 0.25) is 0 Å². The zero-order valence-corrected chi connectivity index (χ0v) is 16.2.